The predicted molar refractivity (Wildman–Crippen MR) is 47.1 cm³/mol. The van der Waals surface area contributed by atoms with Crippen molar-refractivity contribution in [3.63, 3.8) is 0 Å². The first kappa shape index (κ1) is 15.2. The summed E-state index contributed by atoms with van der Waals surface area (Å²) in [5.74, 6) is 1.19. The molecule has 1 rings (SSSR count). The molecule has 0 atom stereocenters. The van der Waals surface area contributed by atoms with Crippen LogP contribution in [0.25, 0.3) is 0 Å². The fraction of sp³-hybridized carbons (Fsp3) is 1.00. The van der Waals surface area contributed by atoms with E-state index in [2.05, 4.69) is 16.3 Å². The van der Waals surface area contributed by atoms with Crippen LogP contribution in [0.15, 0.2) is 0 Å². The summed E-state index contributed by atoms with van der Waals surface area (Å²) in [6, 6.07) is 0. The number of ether oxygens (including phenoxy) is 1. The molecule has 0 aliphatic heterocycles. The van der Waals surface area contributed by atoms with Gasteiger partial charge in [-0.05, 0) is 31.6 Å². The van der Waals surface area contributed by atoms with Gasteiger partial charge in [-0.3, -0.25) is 5.04 Å². The molecule has 0 bridgehead atoms. The van der Waals surface area contributed by atoms with Crippen LogP contribution in [0.5, 0.6) is 0 Å². The molecule has 0 spiro atoms. The Bertz CT molecular complexity index is 131. The van der Waals surface area contributed by atoms with Gasteiger partial charge in [-0.1, -0.05) is 6.92 Å². The third-order valence-electron chi connectivity index (χ3n) is 2.39. The molecule has 0 aromatic rings. The molecule has 78 valence electrons. The summed E-state index contributed by atoms with van der Waals surface area (Å²) in [5.41, 5.74) is 0. The standard InChI is InChI=1S/C8H16O4S.Na/c1-7-2-4-8(5-3-7)10-6-13-12-11-9;/h7-9H,2-6H2,1H3;/q;+1/p-1. The maximum Gasteiger partial charge on any atom is 1.00 e. The van der Waals surface area contributed by atoms with Crippen LogP contribution in [0.1, 0.15) is 32.6 Å². The van der Waals surface area contributed by atoms with E-state index in [1.54, 1.807) is 0 Å². The van der Waals surface area contributed by atoms with E-state index in [0.717, 1.165) is 30.8 Å². The summed E-state index contributed by atoms with van der Waals surface area (Å²) in [4.78, 5) is 0. The van der Waals surface area contributed by atoms with Crippen molar-refractivity contribution in [2.45, 2.75) is 38.7 Å². The first-order chi connectivity index (χ1) is 6.33. The molecule has 1 aliphatic carbocycles. The summed E-state index contributed by atoms with van der Waals surface area (Å²) < 4.78 is 9.53. The van der Waals surface area contributed by atoms with E-state index < -0.39 is 0 Å². The maximum absolute atomic E-state index is 9.43. The summed E-state index contributed by atoms with van der Waals surface area (Å²) in [6.45, 7) is 2.26. The summed E-state index contributed by atoms with van der Waals surface area (Å²) in [6.07, 6.45) is 5.02. The van der Waals surface area contributed by atoms with Gasteiger partial charge in [0.05, 0.1) is 18.1 Å². The molecule has 0 amide bonds. The summed E-state index contributed by atoms with van der Waals surface area (Å²) in [5, 5.41) is 12.6. The third-order valence-corrected chi connectivity index (χ3v) is 2.77. The van der Waals surface area contributed by atoms with Crippen molar-refractivity contribution in [3.8, 4) is 0 Å². The van der Waals surface area contributed by atoms with Gasteiger partial charge in [-0.15, -0.1) is 0 Å². The van der Waals surface area contributed by atoms with E-state index in [-0.39, 0.29) is 29.6 Å². The Balaban J connectivity index is 0.00000169. The molecule has 1 aliphatic rings. The van der Waals surface area contributed by atoms with Gasteiger partial charge < -0.3 is 9.99 Å². The molecule has 0 aromatic carbocycles. The molecular weight excluding hydrogens is 215 g/mol. The minimum Gasteiger partial charge on any atom is -0.691 e. The fourth-order valence-electron chi connectivity index (χ4n) is 1.56. The van der Waals surface area contributed by atoms with E-state index in [0.29, 0.717) is 12.0 Å². The van der Waals surface area contributed by atoms with Gasteiger partial charge >= 0.3 is 29.6 Å². The smallest absolute Gasteiger partial charge is 0.691 e. The van der Waals surface area contributed by atoms with Gasteiger partial charge in [0.25, 0.3) is 0 Å². The second-order valence-electron chi connectivity index (χ2n) is 3.42. The molecule has 1 fully saturated rings. The van der Waals surface area contributed by atoms with E-state index >= 15 is 0 Å². The second-order valence-corrected chi connectivity index (χ2v) is 4.03. The molecular formula is C8H15NaO4S. The maximum atomic E-state index is 9.43. The molecule has 6 heteroatoms. The Kier molecular flexibility index (Phi) is 10.2. The van der Waals surface area contributed by atoms with Gasteiger partial charge in [0.2, 0.25) is 0 Å². The van der Waals surface area contributed by atoms with E-state index in [1.165, 1.54) is 12.8 Å². The van der Waals surface area contributed by atoms with Crippen LogP contribution < -0.4 is 34.8 Å². The largest absolute Gasteiger partial charge is 1.00 e. The number of hydrogen-bond acceptors (Lipinski definition) is 5. The third kappa shape index (κ3) is 6.63. The molecule has 0 heterocycles. The van der Waals surface area contributed by atoms with Crippen molar-refractivity contribution < 1.29 is 48.9 Å². The Morgan fingerprint density at radius 2 is 1.93 bits per heavy atom. The SMILES string of the molecule is CC1CCC(OCSOO[O-])CC1.[Na+]. The molecule has 0 radical (unpaired) electrons. The van der Waals surface area contributed by atoms with Crippen LogP contribution in [0.3, 0.4) is 0 Å². The Hall–Kier alpha value is 1.19. The summed E-state index contributed by atoms with van der Waals surface area (Å²) >= 11 is 0.891. The fourth-order valence-corrected chi connectivity index (χ4v) is 1.89. The second kappa shape index (κ2) is 9.42. The Morgan fingerprint density at radius 1 is 1.29 bits per heavy atom. The van der Waals surface area contributed by atoms with Crippen molar-refractivity contribution in [1.82, 2.24) is 0 Å². The van der Waals surface area contributed by atoms with Gasteiger partial charge in [0.1, 0.15) is 5.94 Å². The van der Waals surface area contributed by atoms with E-state index in [4.69, 9.17) is 4.74 Å². The Labute approximate surface area is 111 Å². The first-order valence-electron chi connectivity index (χ1n) is 4.52. The quantitative estimate of drug-likeness (QED) is 0.142. The topological polar surface area (TPSA) is 50.8 Å². The minimum absolute atomic E-state index is 0. The first-order valence-corrected chi connectivity index (χ1v) is 5.43. The van der Waals surface area contributed by atoms with Crippen molar-refractivity contribution in [2.24, 2.45) is 5.92 Å². The normalized spacial score (nSPS) is 27.0. The van der Waals surface area contributed by atoms with Crippen LogP contribution in [0, 0.1) is 5.92 Å². The van der Waals surface area contributed by atoms with Crippen molar-refractivity contribution >= 4 is 12.0 Å². The zero-order valence-corrected chi connectivity index (χ0v) is 11.5. The van der Waals surface area contributed by atoms with E-state index in [1.807, 2.05) is 0 Å². The van der Waals surface area contributed by atoms with E-state index in [9.17, 15) is 5.26 Å². The molecule has 0 aromatic heterocycles. The predicted octanol–water partition coefficient (Wildman–Crippen LogP) is -1.59. The van der Waals surface area contributed by atoms with Crippen molar-refractivity contribution in [2.75, 3.05) is 5.94 Å². The minimum atomic E-state index is 0. The number of hydrogen-bond donors (Lipinski definition) is 0. The van der Waals surface area contributed by atoms with Gasteiger partial charge in [-0.25, -0.2) is 0 Å². The van der Waals surface area contributed by atoms with Crippen molar-refractivity contribution in [3.05, 3.63) is 0 Å². The van der Waals surface area contributed by atoms with Gasteiger partial charge in [-0.2, -0.15) is 4.33 Å². The monoisotopic (exact) mass is 230 g/mol. The van der Waals surface area contributed by atoms with Crippen LogP contribution in [0.4, 0.5) is 0 Å². The number of rotatable bonds is 5. The van der Waals surface area contributed by atoms with Crippen LogP contribution >= 0.6 is 12.0 Å². The van der Waals surface area contributed by atoms with Gasteiger partial charge in [0.15, 0.2) is 0 Å². The molecule has 0 N–H and O–H groups in total. The molecule has 0 unspecified atom stereocenters. The molecule has 14 heavy (non-hydrogen) atoms. The zero-order valence-electron chi connectivity index (χ0n) is 8.73. The van der Waals surface area contributed by atoms with Crippen LogP contribution in [0.2, 0.25) is 0 Å². The average molecular weight is 230 g/mol. The Morgan fingerprint density at radius 3 is 2.50 bits per heavy atom. The average Bonchev–Trinajstić information content (AvgIpc) is 2.15. The molecule has 4 nitrogen and oxygen atoms in total. The zero-order chi connectivity index (χ0) is 9.52. The van der Waals surface area contributed by atoms with Crippen molar-refractivity contribution in [1.29, 1.82) is 0 Å². The molecule has 1 saturated carbocycles. The van der Waals surface area contributed by atoms with Crippen LogP contribution in [-0.2, 0) is 14.1 Å². The molecule has 0 saturated heterocycles. The van der Waals surface area contributed by atoms with Gasteiger partial charge in [0, 0.05) is 0 Å². The summed E-state index contributed by atoms with van der Waals surface area (Å²) in [7, 11) is 0. The van der Waals surface area contributed by atoms with Crippen LogP contribution in [-0.4, -0.2) is 12.0 Å².